The summed E-state index contributed by atoms with van der Waals surface area (Å²) in [7, 11) is 0. The average Bonchev–Trinajstić information content (AvgIpc) is 3.42. The smallest absolute Gasteiger partial charge is 0.407 e. The molecule has 2 aliphatic rings. The van der Waals surface area contributed by atoms with Crippen LogP contribution in [-0.4, -0.2) is 42.8 Å². The number of nitrogens with one attached hydrogen (secondary N) is 2. The molecule has 7 heteroatoms. The van der Waals surface area contributed by atoms with Crippen molar-refractivity contribution in [2.75, 3.05) is 19.7 Å². The molecule has 2 aromatic carbocycles. The highest BCUT2D eigenvalue weighted by Crippen LogP contribution is 2.44. The summed E-state index contributed by atoms with van der Waals surface area (Å²) in [5, 5.41) is 14.6. The summed E-state index contributed by atoms with van der Waals surface area (Å²) in [6.07, 6.45) is 2.13. The Balaban J connectivity index is 1.26. The van der Waals surface area contributed by atoms with Crippen LogP contribution >= 0.6 is 0 Å². The van der Waals surface area contributed by atoms with Gasteiger partial charge in [0.05, 0.1) is 0 Å². The number of hydrogen-bond acceptors (Lipinski definition) is 4. The SMILES string of the molecule is CC(CNC(=O)[C@@H]1CCC[C@@H]1CNC(=O)OCC1c2ccccc2-c2ccccc21)CC(=O)O. The normalized spacial score (nSPS) is 19.7. The molecule has 0 spiro atoms. The lowest BCUT2D eigenvalue weighted by atomic mass is 9.95. The third-order valence-corrected chi connectivity index (χ3v) is 7.00. The van der Waals surface area contributed by atoms with E-state index >= 15 is 0 Å². The number of carboxylic acid groups (broad SMARTS) is 1. The van der Waals surface area contributed by atoms with Crippen LogP contribution in [0.2, 0.25) is 0 Å². The largest absolute Gasteiger partial charge is 0.481 e. The Kier molecular flexibility index (Phi) is 7.50. The van der Waals surface area contributed by atoms with Crippen LogP contribution in [0, 0.1) is 17.8 Å². The second-order valence-corrected chi connectivity index (χ2v) is 9.45. The lowest BCUT2D eigenvalue weighted by molar-refractivity contribution is -0.138. The summed E-state index contributed by atoms with van der Waals surface area (Å²) in [6, 6.07) is 16.4. The minimum absolute atomic E-state index is 0.0101. The van der Waals surface area contributed by atoms with E-state index in [-0.39, 0.29) is 42.6 Å². The zero-order valence-corrected chi connectivity index (χ0v) is 19.5. The first-order valence-electron chi connectivity index (χ1n) is 12.0. The van der Waals surface area contributed by atoms with Crippen LogP contribution in [0.4, 0.5) is 4.79 Å². The fourth-order valence-corrected chi connectivity index (χ4v) is 5.27. The van der Waals surface area contributed by atoms with E-state index in [9.17, 15) is 14.4 Å². The Labute approximate surface area is 199 Å². The van der Waals surface area contributed by atoms with Gasteiger partial charge in [-0.15, -0.1) is 0 Å². The van der Waals surface area contributed by atoms with Crippen LogP contribution < -0.4 is 10.6 Å². The number of rotatable bonds is 9. The quantitative estimate of drug-likeness (QED) is 0.517. The molecule has 2 aliphatic carbocycles. The van der Waals surface area contributed by atoms with E-state index in [1.807, 2.05) is 24.3 Å². The van der Waals surface area contributed by atoms with Gasteiger partial charge in [0.15, 0.2) is 0 Å². The number of amides is 2. The number of alkyl carbamates (subject to hydrolysis) is 1. The molecular weight excluding hydrogens is 432 g/mol. The van der Waals surface area contributed by atoms with Crippen LogP contribution in [-0.2, 0) is 14.3 Å². The Morgan fingerprint density at radius 1 is 1.00 bits per heavy atom. The van der Waals surface area contributed by atoms with Gasteiger partial charge >= 0.3 is 12.1 Å². The van der Waals surface area contributed by atoms with Crippen molar-refractivity contribution in [3.05, 3.63) is 59.7 Å². The second-order valence-electron chi connectivity index (χ2n) is 9.45. The van der Waals surface area contributed by atoms with Gasteiger partial charge in [-0.3, -0.25) is 9.59 Å². The zero-order chi connectivity index (χ0) is 24.1. The summed E-state index contributed by atoms with van der Waals surface area (Å²) < 4.78 is 5.60. The van der Waals surface area contributed by atoms with Crippen molar-refractivity contribution in [1.29, 1.82) is 0 Å². The highest BCUT2D eigenvalue weighted by atomic mass is 16.5. The topological polar surface area (TPSA) is 105 Å². The molecule has 7 nitrogen and oxygen atoms in total. The molecule has 2 amide bonds. The molecule has 180 valence electrons. The number of fused-ring (bicyclic) bond motifs is 3. The van der Waals surface area contributed by atoms with E-state index < -0.39 is 12.1 Å². The Hall–Kier alpha value is -3.35. The van der Waals surface area contributed by atoms with Gasteiger partial charge in [0.25, 0.3) is 0 Å². The second kappa shape index (κ2) is 10.7. The maximum Gasteiger partial charge on any atom is 0.407 e. The van der Waals surface area contributed by atoms with Crippen LogP contribution in [0.25, 0.3) is 11.1 Å². The van der Waals surface area contributed by atoms with E-state index in [1.165, 1.54) is 22.3 Å². The van der Waals surface area contributed by atoms with E-state index in [4.69, 9.17) is 9.84 Å². The van der Waals surface area contributed by atoms with Crippen molar-refractivity contribution >= 4 is 18.0 Å². The first-order valence-corrected chi connectivity index (χ1v) is 12.0. The third kappa shape index (κ3) is 5.41. The number of carbonyl (C=O) groups excluding carboxylic acids is 2. The highest BCUT2D eigenvalue weighted by Gasteiger charge is 2.34. The molecule has 2 aromatic rings. The summed E-state index contributed by atoms with van der Waals surface area (Å²) in [5.41, 5.74) is 4.71. The van der Waals surface area contributed by atoms with Crippen LogP contribution in [0.15, 0.2) is 48.5 Å². The van der Waals surface area contributed by atoms with Gasteiger partial charge in [0.1, 0.15) is 6.61 Å². The van der Waals surface area contributed by atoms with Crippen molar-refractivity contribution in [3.8, 4) is 11.1 Å². The van der Waals surface area contributed by atoms with Crippen LogP contribution in [0.3, 0.4) is 0 Å². The molecular formula is C27H32N2O5. The number of carboxylic acids is 1. The molecule has 0 aliphatic heterocycles. The van der Waals surface area contributed by atoms with Gasteiger partial charge in [-0.25, -0.2) is 4.79 Å². The Morgan fingerprint density at radius 3 is 2.29 bits per heavy atom. The van der Waals surface area contributed by atoms with Gasteiger partial charge in [0, 0.05) is 31.3 Å². The summed E-state index contributed by atoms with van der Waals surface area (Å²) in [5.74, 6) is -1.17. The molecule has 0 aromatic heterocycles. The maximum absolute atomic E-state index is 12.6. The van der Waals surface area contributed by atoms with E-state index in [0.717, 1.165) is 19.3 Å². The Bertz CT molecular complexity index is 1010. The molecule has 1 unspecified atom stereocenters. The predicted molar refractivity (Wildman–Crippen MR) is 128 cm³/mol. The summed E-state index contributed by atoms with van der Waals surface area (Å²) in [6.45, 7) is 2.79. The van der Waals surface area contributed by atoms with E-state index in [2.05, 4.69) is 34.9 Å². The molecule has 3 N–H and O–H groups in total. The van der Waals surface area contributed by atoms with Gasteiger partial charge in [-0.1, -0.05) is 61.9 Å². The van der Waals surface area contributed by atoms with Crippen LogP contribution in [0.1, 0.15) is 49.7 Å². The molecule has 4 rings (SSSR count). The summed E-state index contributed by atoms with van der Waals surface area (Å²) >= 11 is 0. The number of aliphatic carboxylic acids is 1. The minimum atomic E-state index is -0.868. The first-order chi connectivity index (χ1) is 16.4. The number of hydrogen-bond donors (Lipinski definition) is 3. The van der Waals surface area contributed by atoms with Gasteiger partial charge < -0.3 is 20.5 Å². The van der Waals surface area contributed by atoms with Gasteiger partial charge in [-0.05, 0) is 46.9 Å². The number of carbonyl (C=O) groups is 3. The highest BCUT2D eigenvalue weighted by molar-refractivity contribution is 5.80. The monoisotopic (exact) mass is 464 g/mol. The molecule has 34 heavy (non-hydrogen) atoms. The standard InChI is InChI=1S/C27H32N2O5/c1-17(13-25(30)31)14-28-26(32)19-12-6-7-18(19)15-29-27(33)34-16-24-22-10-4-2-8-20(22)21-9-3-5-11-23(21)24/h2-5,8-11,17-19,24H,6-7,12-16H2,1H3,(H,28,32)(H,29,33)(H,30,31)/t17?,18-,19-/m1/s1. The predicted octanol–water partition coefficient (Wildman–Crippen LogP) is 4.17. The number of ether oxygens (including phenoxy) is 1. The van der Waals surface area contributed by atoms with Crippen molar-refractivity contribution in [3.63, 3.8) is 0 Å². The zero-order valence-electron chi connectivity index (χ0n) is 19.5. The molecule has 0 saturated heterocycles. The molecule has 0 radical (unpaired) electrons. The molecule has 3 atom stereocenters. The lowest BCUT2D eigenvalue weighted by Gasteiger charge is -2.21. The minimum Gasteiger partial charge on any atom is -0.481 e. The molecule has 0 heterocycles. The molecule has 0 bridgehead atoms. The average molecular weight is 465 g/mol. The van der Waals surface area contributed by atoms with Gasteiger partial charge in [-0.2, -0.15) is 0 Å². The fourth-order valence-electron chi connectivity index (χ4n) is 5.27. The van der Waals surface area contributed by atoms with Crippen molar-refractivity contribution in [2.45, 2.75) is 38.5 Å². The van der Waals surface area contributed by atoms with Crippen LogP contribution in [0.5, 0.6) is 0 Å². The maximum atomic E-state index is 12.6. The van der Waals surface area contributed by atoms with E-state index in [1.54, 1.807) is 6.92 Å². The van der Waals surface area contributed by atoms with E-state index in [0.29, 0.717) is 13.1 Å². The fraction of sp³-hybridized carbons (Fsp3) is 0.444. The number of benzene rings is 2. The van der Waals surface area contributed by atoms with Crippen molar-refractivity contribution < 1.29 is 24.2 Å². The van der Waals surface area contributed by atoms with Crippen molar-refractivity contribution in [2.24, 2.45) is 17.8 Å². The summed E-state index contributed by atoms with van der Waals surface area (Å²) in [4.78, 5) is 35.9. The van der Waals surface area contributed by atoms with Gasteiger partial charge in [0.2, 0.25) is 5.91 Å². The van der Waals surface area contributed by atoms with Crippen molar-refractivity contribution in [1.82, 2.24) is 10.6 Å². The first kappa shape index (κ1) is 23.8. The molecule has 1 saturated carbocycles. The molecule has 1 fully saturated rings. The lowest BCUT2D eigenvalue weighted by Crippen LogP contribution is -2.39. The Morgan fingerprint density at radius 2 is 1.65 bits per heavy atom. The third-order valence-electron chi connectivity index (χ3n) is 7.00.